The molecule has 3 nitrogen and oxygen atoms in total. The van der Waals surface area contributed by atoms with Crippen molar-refractivity contribution in [3.63, 3.8) is 0 Å². The van der Waals surface area contributed by atoms with Crippen LogP contribution in [0.1, 0.15) is 36.9 Å². The molecule has 1 saturated carbocycles. The SMILES string of the molecule is c1cc(C2CC2)n(C2CCNC2)n1. The first-order chi connectivity index (χ1) is 6.45. The lowest BCUT2D eigenvalue weighted by molar-refractivity contribution is 0.472. The first-order valence-electron chi connectivity index (χ1n) is 5.19. The lowest BCUT2D eigenvalue weighted by Gasteiger charge is -2.12. The van der Waals surface area contributed by atoms with E-state index in [1.165, 1.54) is 25.0 Å². The van der Waals surface area contributed by atoms with E-state index in [2.05, 4.69) is 21.2 Å². The molecule has 1 unspecified atom stereocenters. The zero-order chi connectivity index (χ0) is 8.67. The smallest absolute Gasteiger partial charge is 0.0658 e. The highest BCUT2D eigenvalue weighted by molar-refractivity contribution is 5.15. The van der Waals surface area contributed by atoms with Gasteiger partial charge in [-0.1, -0.05) is 0 Å². The van der Waals surface area contributed by atoms with E-state index in [0.717, 1.165) is 19.0 Å². The van der Waals surface area contributed by atoms with Gasteiger partial charge in [-0.05, 0) is 31.9 Å². The van der Waals surface area contributed by atoms with Gasteiger partial charge >= 0.3 is 0 Å². The maximum Gasteiger partial charge on any atom is 0.0658 e. The summed E-state index contributed by atoms with van der Waals surface area (Å²) in [6.45, 7) is 2.25. The third kappa shape index (κ3) is 1.27. The minimum atomic E-state index is 0.616. The summed E-state index contributed by atoms with van der Waals surface area (Å²) in [5, 5.41) is 7.82. The molecule has 1 aromatic rings. The van der Waals surface area contributed by atoms with E-state index in [1.54, 1.807) is 0 Å². The number of hydrogen-bond acceptors (Lipinski definition) is 2. The number of rotatable bonds is 2. The molecule has 1 aliphatic carbocycles. The molecule has 0 amide bonds. The standard InChI is InChI=1S/C10H15N3/c1-2-8(1)10-4-6-12-13(10)9-3-5-11-7-9/h4,6,8-9,11H,1-3,5,7H2. The second-order valence-electron chi connectivity index (χ2n) is 4.12. The maximum atomic E-state index is 4.44. The van der Waals surface area contributed by atoms with Crippen molar-refractivity contribution in [1.82, 2.24) is 15.1 Å². The van der Waals surface area contributed by atoms with Gasteiger partial charge in [0.2, 0.25) is 0 Å². The van der Waals surface area contributed by atoms with E-state index < -0.39 is 0 Å². The predicted octanol–water partition coefficient (Wildman–Crippen LogP) is 1.29. The van der Waals surface area contributed by atoms with Crippen molar-refractivity contribution in [1.29, 1.82) is 0 Å². The van der Waals surface area contributed by atoms with Gasteiger partial charge < -0.3 is 5.32 Å². The van der Waals surface area contributed by atoms with Crippen LogP contribution in [0.4, 0.5) is 0 Å². The van der Waals surface area contributed by atoms with Gasteiger partial charge in [0.15, 0.2) is 0 Å². The molecule has 2 heterocycles. The Hall–Kier alpha value is -0.830. The van der Waals surface area contributed by atoms with Crippen LogP contribution in [-0.4, -0.2) is 22.9 Å². The summed E-state index contributed by atoms with van der Waals surface area (Å²) in [6, 6.07) is 2.81. The van der Waals surface area contributed by atoms with Crippen LogP contribution < -0.4 is 5.32 Å². The Morgan fingerprint density at radius 2 is 2.31 bits per heavy atom. The fraction of sp³-hybridized carbons (Fsp3) is 0.700. The quantitative estimate of drug-likeness (QED) is 0.737. The van der Waals surface area contributed by atoms with Gasteiger partial charge in [-0.25, -0.2) is 0 Å². The van der Waals surface area contributed by atoms with E-state index in [9.17, 15) is 0 Å². The summed E-state index contributed by atoms with van der Waals surface area (Å²) in [5.41, 5.74) is 1.47. The summed E-state index contributed by atoms with van der Waals surface area (Å²) in [7, 11) is 0. The molecule has 1 aromatic heterocycles. The molecular formula is C10H15N3. The van der Waals surface area contributed by atoms with Crippen LogP contribution in [-0.2, 0) is 0 Å². The molecule has 0 spiro atoms. The summed E-state index contributed by atoms with van der Waals surface area (Å²) in [5.74, 6) is 0.822. The van der Waals surface area contributed by atoms with Crippen LogP contribution in [0.2, 0.25) is 0 Å². The van der Waals surface area contributed by atoms with Crippen LogP contribution >= 0.6 is 0 Å². The Morgan fingerprint density at radius 3 is 3.00 bits per heavy atom. The van der Waals surface area contributed by atoms with Gasteiger partial charge in [-0.3, -0.25) is 4.68 Å². The van der Waals surface area contributed by atoms with E-state index in [4.69, 9.17) is 0 Å². The molecule has 1 saturated heterocycles. The Bertz CT molecular complexity index is 295. The molecule has 13 heavy (non-hydrogen) atoms. The molecule has 2 fully saturated rings. The van der Waals surface area contributed by atoms with Crippen molar-refractivity contribution in [2.75, 3.05) is 13.1 Å². The van der Waals surface area contributed by atoms with Gasteiger partial charge in [0, 0.05) is 24.4 Å². The Balaban J connectivity index is 1.88. The van der Waals surface area contributed by atoms with Crippen molar-refractivity contribution in [2.45, 2.75) is 31.2 Å². The summed E-state index contributed by atoms with van der Waals surface area (Å²) in [6.07, 6.45) is 5.92. The van der Waals surface area contributed by atoms with E-state index in [-0.39, 0.29) is 0 Å². The van der Waals surface area contributed by atoms with Crippen LogP contribution in [0.3, 0.4) is 0 Å². The lowest BCUT2D eigenvalue weighted by Crippen LogP contribution is -2.16. The highest BCUT2D eigenvalue weighted by Crippen LogP contribution is 2.40. The van der Waals surface area contributed by atoms with E-state index in [1.807, 2.05) is 6.20 Å². The molecular weight excluding hydrogens is 162 g/mol. The molecule has 1 atom stereocenters. The highest BCUT2D eigenvalue weighted by Gasteiger charge is 2.29. The van der Waals surface area contributed by atoms with Crippen molar-refractivity contribution >= 4 is 0 Å². The summed E-state index contributed by atoms with van der Waals surface area (Å²) >= 11 is 0. The number of nitrogens with one attached hydrogen (secondary N) is 1. The molecule has 0 aromatic carbocycles. The molecule has 1 N–H and O–H groups in total. The normalized spacial score (nSPS) is 28.2. The van der Waals surface area contributed by atoms with Crippen LogP contribution in [0.5, 0.6) is 0 Å². The molecule has 2 aliphatic rings. The number of hydrogen-bond donors (Lipinski definition) is 1. The predicted molar refractivity (Wildman–Crippen MR) is 50.7 cm³/mol. The highest BCUT2D eigenvalue weighted by atomic mass is 15.3. The zero-order valence-electron chi connectivity index (χ0n) is 7.74. The lowest BCUT2D eigenvalue weighted by atomic mass is 10.2. The minimum Gasteiger partial charge on any atom is -0.315 e. The van der Waals surface area contributed by atoms with Crippen molar-refractivity contribution in [3.05, 3.63) is 18.0 Å². The van der Waals surface area contributed by atoms with E-state index >= 15 is 0 Å². The summed E-state index contributed by atoms with van der Waals surface area (Å²) in [4.78, 5) is 0. The van der Waals surface area contributed by atoms with Crippen LogP contribution in [0.25, 0.3) is 0 Å². The van der Waals surface area contributed by atoms with Crippen molar-refractivity contribution < 1.29 is 0 Å². The Kier molecular flexibility index (Phi) is 1.65. The maximum absolute atomic E-state index is 4.44. The largest absolute Gasteiger partial charge is 0.315 e. The topological polar surface area (TPSA) is 29.9 Å². The average molecular weight is 177 g/mol. The summed E-state index contributed by atoms with van der Waals surface area (Å²) < 4.78 is 2.25. The van der Waals surface area contributed by atoms with Crippen LogP contribution in [0, 0.1) is 0 Å². The molecule has 1 aliphatic heterocycles. The molecule has 70 valence electrons. The second kappa shape index (κ2) is 2.84. The van der Waals surface area contributed by atoms with Gasteiger partial charge in [0.25, 0.3) is 0 Å². The van der Waals surface area contributed by atoms with Gasteiger partial charge in [-0.2, -0.15) is 5.10 Å². The average Bonchev–Trinajstić information content (AvgIpc) is 2.72. The fourth-order valence-corrected chi connectivity index (χ4v) is 2.18. The van der Waals surface area contributed by atoms with Crippen molar-refractivity contribution in [3.8, 4) is 0 Å². The van der Waals surface area contributed by atoms with Crippen molar-refractivity contribution in [2.24, 2.45) is 0 Å². The van der Waals surface area contributed by atoms with E-state index in [0.29, 0.717) is 6.04 Å². The first kappa shape index (κ1) is 7.56. The minimum absolute atomic E-state index is 0.616. The monoisotopic (exact) mass is 177 g/mol. The number of nitrogens with zero attached hydrogens (tertiary/aromatic N) is 2. The zero-order valence-corrected chi connectivity index (χ0v) is 7.74. The Morgan fingerprint density at radius 1 is 1.38 bits per heavy atom. The van der Waals surface area contributed by atoms with Crippen LogP contribution in [0.15, 0.2) is 12.3 Å². The second-order valence-corrected chi connectivity index (χ2v) is 4.12. The molecule has 3 rings (SSSR count). The third-order valence-corrected chi connectivity index (χ3v) is 3.08. The van der Waals surface area contributed by atoms with Gasteiger partial charge in [-0.15, -0.1) is 0 Å². The third-order valence-electron chi connectivity index (χ3n) is 3.08. The first-order valence-corrected chi connectivity index (χ1v) is 5.19. The van der Waals surface area contributed by atoms with Gasteiger partial charge in [0.05, 0.1) is 6.04 Å². The molecule has 0 bridgehead atoms. The fourth-order valence-electron chi connectivity index (χ4n) is 2.18. The van der Waals surface area contributed by atoms with Gasteiger partial charge in [0.1, 0.15) is 0 Å². The number of aromatic nitrogens is 2. The molecule has 0 radical (unpaired) electrons. The molecule has 3 heteroatoms. The Labute approximate surface area is 78.1 Å².